The largest absolute Gasteiger partial charge is 0.396 e. The van der Waals surface area contributed by atoms with Gasteiger partial charge in [-0.3, -0.25) is 9.78 Å². The molecule has 104 valence electrons. The maximum absolute atomic E-state index is 13.6. The van der Waals surface area contributed by atoms with Crippen LogP contribution < -0.4 is 11.1 Å². The van der Waals surface area contributed by atoms with Crippen molar-refractivity contribution in [1.82, 2.24) is 10.3 Å². The van der Waals surface area contributed by atoms with Gasteiger partial charge < -0.3 is 11.1 Å². The van der Waals surface area contributed by atoms with E-state index in [1.54, 1.807) is 31.5 Å². The molecule has 1 heterocycles. The van der Waals surface area contributed by atoms with Crippen LogP contribution in [0, 0.1) is 11.6 Å². The van der Waals surface area contributed by atoms with Crippen LogP contribution in [0.5, 0.6) is 0 Å². The fraction of sp³-hybridized carbons (Fsp3) is 0.143. The predicted molar refractivity (Wildman–Crippen MR) is 70.9 cm³/mol. The number of nitrogens with zero attached hydrogens (tertiary/aromatic N) is 1. The number of nitrogens with two attached hydrogens (primary N) is 1. The van der Waals surface area contributed by atoms with Crippen molar-refractivity contribution in [2.45, 2.75) is 13.0 Å². The Labute approximate surface area is 114 Å². The molecule has 3 N–H and O–H groups in total. The molecule has 0 bridgehead atoms. The van der Waals surface area contributed by atoms with Crippen LogP contribution in [0.4, 0.5) is 14.5 Å². The van der Waals surface area contributed by atoms with Gasteiger partial charge in [0.1, 0.15) is 11.6 Å². The number of anilines is 1. The number of amides is 1. The summed E-state index contributed by atoms with van der Waals surface area (Å²) in [6.07, 6.45) is 3.18. The molecule has 0 aliphatic heterocycles. The van der Waals surface area contributed by atoms with Crippen LogP contribution in [-0.4, -0.2) is 10.9 Å². The number of rotatable bonds is 3. The van der Waals surface area contributed by atoms with Crippen LogP contribution in [0.15, 0.2) is 36.7 Å². The average molecular weight is 277 g/mol. The molecule has 0 fully saturated rings. The highest BCUT2D eigenvalue weighted by Crippen LogP contribution is 2.18. The van der Waals surface area contributed by atoms with Gasteiger partial charge in [0.2, 0.25) is 0 Å². The van der Waals surface area contributed by atoms with E-state index in [0.29, 0.717) is 6.07 Å². The van der Waals surface area contributed by atoms with Gasteiger partial charge >= 0.3 is 0 Å². The number of halogens is 2. The number of aromatic nitrogens is 1. The van der Waals surface area contributed by atoms with E-state index in [1.165, 1.54) is 0 Å². The average Bonchev–Trinajstić information content (AvgIpc) is 2.43. The van der Waals surface area contributed by atoms with Crippen molar-refractivity contribution in [2.75, 3.05) is 5.73 Å². The first-order valence-corrected chi connectivity index (χ1v) is 5.94. The number of hydrogen-bond acceptors (Lipinski definition) is 3. The Hall–Kier alpha value is -2.50. The lowest BCUT2D eigenvalue weighted by Crippen LogP contribution is -2.27. The molecule has 2 aromatic rings. The van der Waals surface area contributed by atoms with Gasteiger partial charge in [0.15, 0.2) is 0 Å². The van der Waals surface area contributed by atoms with E-state index < -0.39 is 17.5 Å². The van der Waals surface area contributed by atoms with E-state index in [4.69, 9.17) is 5.73 Å². The van der Waals surface area contributed by atoms with Gasteiger partial charge in [-0.15, -0.1) is 0 Å². The Bertz CT molecular complexity index is 632. The lowest BCUT2D eigenvalue weighted by atomic mass is 10.1. The normalized spacial score (nSPS) is 11.9. The van der Waals surface area contributed by atoms with E-state index in [-0.39, 0.29) is 17.3 Å². The topological polar surface area (TPSA) is 68.0 Å². The molecule has 0 radical (unpaired) electrons. The highest BCUT2D eigenvalue weighted by molar-refractivity contribution is 5.95. The predicted octanol–water partition coefficient (Wildman–Crippen LogP) is 2.43. The smallest absolute Gasteiger partial charge is 0.254 e. The molecule has 1 unspecified atom stereocenters. The first-order chi connectivity index (χ1) is 9.49. The second kappa shape index (κ2) is 5.64. The quantitative estimate of drug-likeness (QED) is 0.847. The maximum Gasteiger partial charge on any atom is 0.254 e. The molecule has 1 aromatic carbocycles. The van der Waals surface area contributed by atoms with Crippen LogP contribution in [0.25, 0.3) is 0 Å². The highest BCUT2D eigenvalue weighted by atomic mass is 19.1. The number of hydrogen-bond donors (Lipinski definition) is 2. The first-order valence-electron chi connectivity index (χ1n) is 5.94. The van der Waals surface area contributed by atoms with Crippen molar-refractivity contribution in [3.63, 3.8) is 0 Å². The first kappa shape index (κ1) is 13.9. The van der Waals surface area contributed by atoms with Crippen molar-refractivity contribution in [1.29, 1.82) is 0 Å². The zero-order chi connectivity index (χ0) is 14.7. The molecule has 4 nitrogen and oxygen atoms in total. The van der Waals surface area contributed by atoms with Gasteiger partial charge in [0.25, 0.3) is 5.91 Å². The molecule has 0 aliphatic carbocycles. The molecule has 1 aromatic heterocycles. The van der Waals surface area contributed by atoms with Crippen molar-refractivity contribution >= 4 is 11.6 Å². The lowest BCUT2D eigenvalue weighted by Gasteiger charge is -2.14. The Morgan fingerprint density at radius 2 is 1.90 bits per heavy atom. The molecular formula is C14H13F2N3O. The summed E-state index contributed by atoms with van der Waals surface area (Å²) in [6.45, 7) is 1.75. The van der Waals surface area contributed by atoms with Crippen LogP contribution in [0.1, 0.15) is 28.9 Å². The van der Waals surface area contributed by atoms with Gasteiger partial charge in [-0.1, -0.05) is 0 Å². The summed E-state index contributed by atoms with van der Waals surface area (Å²) < 4.78 is 26.6. The van der Waals surface area contributed by atoms with Gasteiger partial charge in [-0.25, -0.2) is 8.78 Å². The second-order valence-corrected chi connectivity index (χ2v) is 4.33. The summed E-state index contributed by atoms with van der Waals surface area (Å²) in [5.41, 5.74) is 5.60. The summed E-state index contributed by atoms with van der Waals surface area (Å²) in [7, 11) is 0. The number of pyridine rings is 1. The van der Waals surface area contributed by atoms with E-state index in [0.717, 1.165) is 11.6 Å². The minimum atomic E-state index is -0.948. The minimum absolute atomic E-state index is 0.270. The third-order valence-electron chi connectivity index (χ3n) is 2.88. The monoisotopic (exact) mass is 277 g/mol. The van der Waals surface area contributed by atoms with Crippen LogP contribution >= 0.6 is 0 Å². The summed E-state index contributed by atoms with van der Waals surface area (Å²) >= 11 is 0. The van der Waals surface area contributed by atoms with Crippen molar-refractivity contribution < 1.29 is 13.6 Å². The zero-order valence-corrected chi connectivity index (χ0v) is 10.7. The molecule has 20 heavy (non-hydrogen) atoms. The van der Waals surface area contributed by atoms with E-state index in [2.05, 4.69) is 10.3 Å². The standard InChI is InChI=1S/C14H13F2N3O/c1-8(9-2-4-18-5-3-9)19-14(20)10-6-13(17)12(16)7-11(10)15/h2-8H,17H2,1H3,(H,19,20). The fourth-order valence-electron chi connectivity index (χ4n) is 1.75. The zero-order valence-electron chi connectivity index (χ0n) is 10.7. The third kappa shape index (κ3) is 2.90. The Morgan fingerprint density at radius 1 is 1.25 bits per heavy atom. The van der Waals surface area contributed by atoms with Crippen molar-refractivity contribution in [3.8, 4) is 0 Å². The van der Waals surface area contributed by atoms with Gasteiger partial charge in [0.05, 0.1) is 17.3 Å². The number of benzene rings is 1. The Balaban J connectivity index is 2.19. The van der Waals surface area contributed by atoms with E-state index >= 15 is 0 Å². The second-order valence-electron chi connectivity index (χ2n) is 4.33. The number of carbonyl (C=O) groups is 1. The number of nitrogen functional groups attached to an aromatic ring is 1. The van der Waals surface area contributed by atoms with Crippen LogP contribution in [0.3, 0.4) is 0 Å². The molecule has 0 aliphatic rings. The lowest BCUT2D eigenvalue weighted by molar-refractivity contribution is 0.0936. The molecule has 6 heteroatoms. The summed E-state index contributed by atoms with van der Waals surface area (Å²) in [5.74, 6) is -2.49. The summed E-state index contributed by atoms with van der Waals surface area (Å²) in [4.78, 5) is 15.8. The maximum atomic E-state index is 13.6. The van der Waals surface area contributed by atoms with Gasteiger partial charge in [-0.2, -0.15) is 0 Å². The van der Waals surface area contributed by atoms with Gasteiger partial charge in [-0.05, 0) is 30.7 Å². The molecule has 1 atom stereocenters. The third-order valence-corrected chi connectivity index (χ3v) is 2.88. The van der Waals surface area contributed by atoms with E-state index in [1.807, 2.05) is 0 Å². The Morgan fingerprint density at radius 3 is 2.55 bits per heavy atom. The summed E-state index contributed by atoms with van der Waals surface area (Å²) in [5, 5.41) is 2.62. The van der Waals surface area contributed by atoms with Crippen LogP contribution in [0.2, 0.25) is 0 Å². The van der Waals surface area contributed by atoms with E-state index in [9.17, 15) is 13.6 Å². The number of nitrogens with one attached hydrogen (secondary N) is 1. The van der Waals surface area contributed by atoms with Gasteiger partial charge in [0, 0.05) is 18.5 Å². The molecule has 0 saturated carbocycles. The SMILES string of the molecule is CC(NC(=O)c1cc(N)c(F)cc1F)c1ccncc1. The van der Waals surface area contributed by atoms with Crippen molar-refractivity contribution in [3.05, 3.63) is 59.4 Å². The van der Waals surface area contributed by atoms with Crippen molar-refractivity contribution in [2.24, 2.45) is 0 Å². The minimum Gasteiger partial charge on any atom is -0.396 e. The van der Waals surface area contributed by atoms with Crippen LogP contribution in [-0.2, 0) is 0 Å². The highest BCUT2D eigenvalue weighted by Gasteiger charge is 2.17. The Kier molecular flexibility index (Phi) is 3.93. The summed E-state index contributed by atoms with van der Waals surface area (Å²) in [6, 6.07) is 4.72. The molecular weight excluding hydrogens is 264 g/mol. The fourth-order valence-corrected chi connectivity index (χ4v) is 1.75. The molecule has 1 amide bonds. The number of carbonyl (C=O) groups excluding carboxylic acids is 1. The molecule has 2 rings (SSSR count). The molecule has 0 spiro atoms. The molecule has 0 saturated heterocycles.